The van der Waals surface area contributed by atoms with E-state index in [-0.39, 0.29) is 5.91 Å². The molecule has 0 aromatic heterocycles. The number of halogens is 3. The molecule has 3 nitrogen and oxygen atoms in total. The highest BCUT2D eigenvalue weighted by Crippen LogP contribution is 2.33. The number of rotatable bonds is 1. The molecule has 24 heavy (non-hydrogen) atoms. The van der Waals surface area contributed by atoms with Crippen LogP contribution in [-0.4, -0.2) is 12.5 Å². The van der Waals surface area contributed by atoms with E-state index >= 15 is 0 Å². The van der Waals surface area contributed by atoms with Crippen molar-refractivity contribution in [3.05, 3.63) is 58.1 Å². The van der Waals surface area contributed by atoms with Gasteiger partial charge >= 0.3 is 6.18 Å². The number of hydrogen-bond donors (Lipinski definition) is 1. The second-order valence-electron chi connectivity index (χ2n) is 6.02. The van der Waals surface area contributed by atoms with Crippen LogP contribution in [0.15, 0.2) is 30.3 Å². The largest absolute Gasteiger partial charge is 0.416 e. The first-order chi connectivity index (χ1) is 11.2. The lowest BCUT2D eigenvalue weighted by Crippen LogP contribution is -2.38. The monoisotopic (exact) mass is 334 g/mol. The van der Waals surface area contributed by atoms with Gasteiger partial charge in [0.1, 0.15) is 0 Å². The van der Waals surface area contributed by atoms with Gasteiger partial charge in [0.05, 0.1) is 5.56 Å². The Morgan fingerprint density at radius 2 is 1.75 bits per heavy atom. The van der Waals surface area contributed by atoms with Crippen molar-refractivity contribution in [2.75, 3.05) is 17.2 Å². The van der Waals surface area contributed by atoms with Gasteiger partial charge in [-0.1, -0.05) is 6.07 Å². The SMILES string of the molecule is Cc1cc2c(c(C)c1N)C(=O)N(c1ccc(C(F)(F)F)cc1)CC2. The first kappa shape index (κ1) is 16.4. The second kappa shape index (κ2) is 5.54. The molecule has 0 spiro atoms. The fraction of sp³-hybridized carbons (Fsp3) is 0.278. The number of nitrogens with zero attached hydrogens (tertiary/aromatic N) is 1. The van der Waals surface area contributed by atoms with E-state index in [4.69, 9.17) is 5.73 Å². The summed E-state index contributed by atoms with van der Waals surface area (Å²) in [4.78, 5) is 14.3. The lowest BCUT2D eigenvalue weighted by molar-refractivity contribution is -0.137. The normalized spacial score (nSPS) is 14.7. The first-order valence-electron chi connectivity index (χ1n) is 7.58. The van der Waals surface area contributed by atoms with Gasteiger partial charge in [0.2, 0.25) is 0 Å². The van der Waals surface area contributed by atoms with Crippen molar-refractivity contribution in [2.24, 2.45) is 0 Å². The molecule has 0 unspecified atom stereocenters. The zero-order valence-electron chi connectivity index (χ0n) is 13.4. The number of aryl methyl sites for hydroxylation is 1. The van der Waals surface area contributed by atoms with Crippen LogP contribution in [0.1, 0.15) is 32.6 Å². The van der Waals surface area contributed by atoms with E-state index in [1.807, 2.05) is 13.0 Å². The van der Waals surface area contributed by atoms with E-state index < -0.39 is 11.7 Å². The van der Waals surface area contributed by atoms with Crippen LogP contribution in [0, 0.1) is 13.8 Å². The highest BCUT2D eigenvalue weighted by Gasteiger charge is 2.32. The summed E-state index contributed by atoms with van der Waals surface area (Å²) in [5.41, 5.74) is 9.49. The smallest absolute Gasteiger partial charge is 0.398 e. The van der Waals surface area contributed by atoms with Crippen LogP contribution in [-0.2, 0) is 12.6 Å². The maximum atomic E-state index is 12.8. The second-order valence-corrected chi connectivity index (χ2v) is 6.02. The molecule has 0 radical (unpaired) electrons. The Morgan fingerprint density at radius 1 is 1.12 bits per heavy atom. The molecule has 0 aliphatic carbocycles. The Bertz CT molecular complexity index is 810. The van der Waals surface area contributed by atoms with Crippen LogP contribution < -0.4 is 10.6 Å². The lowest BCUT2D eigenvalue weighted by Gasteiger charge is -2.30. The quantitative estimate of drug-likeness (QED) is 0.798. The van der Waals surface area contributed by atoms with Gasteiger partial charge in [0, 0.05) is 23.5 Å². The van der Waals surface area contributed by atoms with E-state index in [0.717, 1.165) is 28.8 Å². The third kappa shape index (κ3) is 2.62. The molecule has 3 rings (SSSR count). The van der Waals surface area contributed by atoms with Gasteiger partial charge in [0.25, 0.3) is 5.91 Å². The topological polar surface area (TPSA) is 46.3 Å². The third-order valence-electron chi connectivity index (χ3n) is 4.49. The fourth-order valence-corrected chi connectivity index (χ4v) is 3.12. The third-order valence-corrected chi connectivity index (χ3v) is 4.49. The predicted octanol–water partition coefficient (Wildman–Crippen LogP) is 4.11. The summed E-state index contributed by atoms with van der Waals surface area (Å²) in [6.07, 6.45) is -3.75. The summed E-state index contributed by atoms with van der Waals surface area (Å²) in [7, 11) is 0. The highest BCUT2D eigenvalue weighted by molar-refractivity contribution is 6.10. The molecule has 1 heterocycles. The molecule has 2 aromatic carbocycles. The van der Waals surface area contributed by atoms with Crippen molar-refractivity contribution < 1.29 is 18.0 Å². The number of carbonyl (C=O) groups is 1. The van der Waals surface area contributed by atoms with Crippen molar-refractivity contribution in [1.29, 1.82) is 0 Å². The summed E-state index contributed by atoms with van der Waals surface area (Å²) in [6.45, 7) is 4.13. The number of hydrogen-bond acceptors (Lipinski definition) is 2. The fourth-order valence-electron chi connectivity index (χ4n) is 3.12. The number of alkyl halides is 3. The Kier molecular flexibility index (Phi) is 3.78. The maximum absolute atomic E-state index is 12.8. The zero-order valence-corrected chi connectivity index (χ0v) is 13.4. The van der Waals surface area contributed by atoms with Gasteiger partial charge in [0.15, 0.2) is 0 Å². The molecule has 1 aliphatic rings. The Hall–Kier alpha value is -2.50. The minimum absolute atomic E-state index is 0.222. The minimum Gasteiger partial charge on any atom is -0.398 e. The number of benzene rings is 2. The number of amides is 1. The Morgan fingerprint density at radius 3 is 2.33 bits per heavy atom. The molecular weight excluding hydrogens is 317 g/mol. The van der Waals surface area contributed by atoms with Gasteiger partial charge in [-0.15, -0.1) is 0 Å². The molecule has 1 amide bonds. The molecule has 0 fully saturated rings. The van der Waals surface area contributed by atoms with E-state index in [2.05, 4.69) is 0 Å². The lowest BCUT2D eigenvalue weighted by atomic mass is 9.91. The summed E-state index contributed by atoms with van der Waals surface area (Å²) in [5, 5.41) is 0. The average molecular weight is 334 g/mol. The van der Waals surface area contributed by atoms with Gasteiger partial charge in [-0.25, -0.2) is 0 Å². The summed E-state index contributed by atoms with van der Waals surface area (Å²) in [6, 6.07) is 6.57. The molecule has 0 atom stereocenters. The van der Waals surface area contributed by atoms with Crippen molar-refractivity contribution in [2.45, 2.75) is 26.4 Å². The van der Waals surface area contributed by atoms with E-state index in [1.54, 1.807) is 6.92 Å². The first-order valence-corrected chi connectivity index (χ1v) is 7.58. The van der Waals surface area contributed by atoms with Gasteiger partial charge in [-0.05, 0) is 61.2 Å². The van der Waals surface area contributed by atoms with Crippen molar-refractivity contribution >= 4 is 17.3 Å². The number of anilines is 2. The number of fused-ring (bicyclic) bond motifs is 1. The van der Waals surface area contributed by atoms with Gasteiger partial charge in [-0.2, -0.15) is 13.2 Å². The molecular formula is C18H17F3N2O. The molecule has 1 aliphatic heterocycles. The van der Waals surface area contributed by atoms with Crippen molar-refractivity contribution in [1.82, 2.24) is 0 Å². The van der Waals surface area contributed by atoms with Crippen LogP contribution in [0.25, 0.3) is 0 Å². The van der Waals surface area contributed by atoms with E-state index in [9.17, 15) is 18.0 Å². The zero-order chi connectivity index (χ0) is 17.6. The standard InChI is InChI=1S/C18H17F3N2O/c1-10-9-12-7-8-23(17(24)15(12)11(2)16(10)22)14-5-3-13(4-6-14)18(19,20)21/h3-6,9H,7-8,22H2,1-2H3. The van der Waals surface area contributed by atoms with Crippen molar-refractivity contribution in [3.8, 4) is 0 Å². The maximum Gasteiger partial charge on any atom is 0.416 e. The summed E-state index contributed by atoms with van der Waals surface area (Å²) >= 11 is 0. The van der Waals surface area contributed by atoms with Crippen LogP contribution in [0.5, 0.6) is 0 Å². The number of carbonyl (C=O) groups excluding carboxylic acids is 1. The molecule has 2 N–H and O–H groups in total. The van der Waals surface area contributed by atoms with E-state index in [0.29, 0.717) is 29.9 Å². The van der Waals surface area contributed by atoms with Crippen LogP contribution in [0.2, 0.25) is 0 Å². The van der Waals surface area contributed by atoms with Crippen LogP contribution >= 0.6 is 0 Å². The molecule has 0 saturated heterocycles. The Balaban J connectivity index is 1.98. The molecule has 126 valence electrons. The van der Waals surface area contributed by atoms with Crippen molar-refractivity contribution in [3.63, 3.8) is 0 Å². The van der Waals surface area contributed by atoms with Crippen LogP contribution in [0.4, 0.5) is 24.5 Å². The molecule has 2 aromatic rings. The van der Waals surface area contributed by atoms with Gasteiger partial charge < -0.3 is 10.6 Å². The minimum atomic E-state index is -4.39. The van der Waals surface area contributed by atoms with Gasteiger partial charge in [-0.3, -0.25) is 4.79 Å². The summed E-state index contributed by atoms with van der Waals surface area (Å²) < 4.78 is 38.0. The number of nitrogens with two attached hydrogens (primary N) is 1. The molecule has 0 saturated carbocycles. The summed E-state index contributed by atoms with van der Waals surface area (Å²) in [5.74, 6) is -0.222. The Labute approximate surface area is 137 Å². The predicted molar refractivity (Wildman–Crippen MR) is 87.2 cm³/mol. The number of nitrogen functional groups attached to an aromatic ring is 1. The molecule has 0 bridgehead atoms. The highest BCUT2D eigenvalue weighted by atomic mass is 19.4. The van der Waals surface area contributed by atoms with Crippen LogP contribution in [0.3, 0.4) is 0 Å². The molecule has 6 heteroatoms. The average Bonchev–Trinajstić information content (AvgIpc) is 2.52. The van der Waals surface area contributed by atoms with E-state index in [1.165, 1.54) is 17.0 Å².